The predicted molar refractivity (Wildman–Crippen MR) is 126 cm³/mol. The maximum atomic E-state index is 12.4. The molecule has 0 radical (unpaired) electrons. The van der Waals surface area contributed by atoms with Crippen LogP contribution in [-0.4, -0.2) is 5.91 Å². The normalized spacial score (nSPS) is 10.9. The SMILES string of the molecule is Cc1ccc(NC(=O)C(C#N)=Cc2ccc(OCc3ccc(Br)cc3)c(Br)c2)cc1. The maximum absolute atomic E-state index is 12.4. The molecule has 0 saturated carbocycles. The molecule has 0 aliphatic carbocycles. The molecule has 0 spiro atoms. The van der Waals surface area contributed by atoms with Crippen LogP contribution in [0.3, 0.4) is 0 Å². The molecule has 3 aromatic carbocycles. The first-order chi connectivity index (χ1) is 14.4. The van der Waals surface area contributed by atoms with Gasteiger partial charge in [-0.3, -0.25) is 4.79 Å². The van der Waals surface area contributed by atoms with Gasteiger partial charge in [-0.05, 0) is 76.5 Å². The zero-order chi connectivity index (χ0) is 21.5. The fraction of sp³-hybridized carbons (Fsp3) is 0.0833. The molecule has 0 saturated heterocycles. The van der Waals surface area contributed by atoms with E-state index in [1.54, 1.807) is 24.3 Å². The highest BCUT2D eigenvalue weighted by Crippen LogP contribution is 2.28. The second-order valence-corrected chi connectivity index (χ2v) is 8.36. The van der Waals surface area contributed by atoms with Gasteiger partial charge in [0.1, 0.15) is 24.0 Å². The summed E-state index contributed by atoms with van der Waals surface area (Å²) < 4.78 is 7.62. The van der Waals surface area contributed by atoms with Gasteiger partial charge in [-0.15, -0.1) is 0 Å². The Hall–Kier alpha value is -2.88. The van der Waals surface area contributed by atoms with Gasteiger partial charge < -0.3 is 10.1 Å². The number of anilines is 1. The van der Waals surface area contributed by atoms with Crippen LogP contribution in [0.1, 0.15) is 16.7 Å². The number of nitrogens with zero attached hydrogens (tertiary/aromatic N) is 1. The molecule has 0 heterocycles. The van der Waals surface area contributed by atoms with E-state index in [1.165, 1.54) is 0 Å². The van der Waals surface area contributed by atoms with Crippen molar-refractivity contribution in [3.05, 3.63) is 97.9 Å². The lowest BCUT2D eigenvalue weighted by molar-refractivity contribution is -0.112. The van der Waals surface area contributed by atoms with Crippen LogP contribution in [0.15, 0.2) is 81.2 Å². The summed E-state index contributed by atoms with van der Waals surface area (Å²) in [5.41, 5.74) is 3.52. The Bertz CT molecular complexity index is 1120. The molecule has 0 aliphatic heterocycles. The number of hydrogen-bond donors (Lipinski definition) is 1. The van der Waals surface area contributed by atoms with E-state index in [2.05, 4.69) is 37.2 Å². The number of benzene rings is 3. The molecule has 0 bridgehead atoms. The number of carbonyl (C=O) groups is 1. The second kappa shape index (κ2) is 10.2. The van der Waals surface area contributed by atoms with E-state index in [9.17, 15) is 10.1 Å². The van der Waals surface area contributed by atoms with Gasteiger partial charge in [-0.2, -0.15) is 5.26 Å². The van der Waals surface area contributed by atoms with E-state index in [1.807, 2.05) is 61.5 Å². The van der Waals surface area contributed by atoms with Crippen LogP contribution in [0.4, 0.5) is 5.69 Å². The van der Waals surface area contributed by atoms with E-state index in [4.69, 9.17) is 4.74 Å². The summed E-state index contributed by atoms with van der Waals surface area (Å²) in [6, 6.07) is 22.7. The molecule has 0 atom stereocenters. The first-order valence-electron chi connectivity index (χ1n) is 9.11. The zero-order valence-electron chi connectivity index (χ0n) is 16.2. The fourth-order valence-electron chi connectivity index (χ4n) is 2.62. The second-order valence-electron chi connectivity index (χ2n) is 6.59. The number of amides is 1. The van der Waals surface area contributed by atoms with Crippen LogP contribution in [-0.2, 0) is 11.4 Å². The largest absolute Gasteiger partial charge is 0.488 e. The number of halogens is 2. The van der Waals surface area contributed by atoms with Gasteiger partial charge in [0.25, 0.3) is 5.91 Å². The highest BCUT2D eigenvalue weighted by atomic mass is 79.9. The lowest BCUT2D eigenvalue weighted by atomic mass is 10.1. The number of carbonyl (C=O) groups excluding carboxylic acids is 1. The van der Waals surface area contributed by atoms with Gasteiger partial charge in [0, 0.05) is 10.2 Å². The number of rotatable bonds is 6. The average Bonchev–Trinajstić information content (AvgIpc) is 2.74. The smallest absolute Gasteiger partial charge is 0.266 e. The molecule has 150 valence electrons. The van der Waals surface area contributed by atoms with Crippen LogP contribution in [0.5, 0.6) is 5.75 Å². The minimum Gasteiger partial charge on any atom is -0.488 e. The summed E-state index contributed by atoms with van der Waals surface area (Å²) in [5.74, 6) is 0.228. The summed E-state index contributed by atoms with van der Waals surface area (Å²) in [6.07, 6.45) is 1.55. The van der Waals surface area contributed by atoms with Crippen molar-refractivity contribution in [2.75, 3.05) is 5.32 Å². The summed E-state index contributed by atoms with van der Waals surface area (Å²) in [4.78, 5) is 12.4. The third-order valence-electron chi connectivity index (χ3n) is 4.25. The molecule has 6 heteroatoms. The Labute approximate surface area is 192 Å². The van der Waals surface area contributed by atoms with Crippen LogP contribution in [0, 0.1) is 18.3 Å². The molecule has 3 rings (SSSR count). The molecule has 1 amide bonds. The summed E-state index contributed by atoms with van der Waals surface area (Å²) in [7, 11) is 0. The number of ether oxygens (including phenoxy) is 1. The van der Waals surface area contributed by atoms with Crippen molar-refractivity contribution in [2.24, 2.45) is 0 Å². The first-order valence-corrected chi connectivity index (χ1v) is 10.7. The van der Waals surface area contributed by atoms with Crippen molar-refractivity contribution in [1.29, 1.82) is 5.26 Å². The van der Waals surface area contributed by atoms with E-state index < -0.39 is 5.91 Å². The summed E-state index contributed by atoms with van der Waals surface area (Å²) >= 11 is 6.91. The van der Waals surface area contributed by atoms with E-state index in [-0.39, 0.29) is 5.57 Å². The number of hydrogen-bond acceptors (Lipinski definition) is 3. The zero-order valence-corrected chi connectivity index (χ0v) is 19.3. The molecular weight excluding hydrogens is 508 g/mol. The number of nitriles is 1. The third kappa shape index (κ3) is 6.06. The summed E-state index contributed by atoms with van der Waals surface area (Å²) in [5, 5.41) is 12.2. The van der Waals surface area contributed by atoms with Crippen molar-refractivity contribution in [3.8, 4) is 11.8 Å². The first kappa shape index (κ1) is 21.8. The highest BCUT2D eigenvalue weighted by Gasteiger charge is 2.10. The van der Waals surface area contributed by atoms with Gasteiger partial charge in [-0.25, -0.2) is 0 Å². The molecule has 0 unspecified atom stereocenters. The lowest BCUT2D eigenvalue weighted by Crippen LogP contribution is -2.13. The topological polar surface area (TPSA) is 62.1 Å². The van der Waals surface area contributed by atoms with Crippen molar-refractivity contribution in [2.45, 2.75) is 13.5 Å². The molecule has 30 heavy (non-hydrogen) atoms. The Kier molecular flexibility index (Phi) is 7.45. The Morgan fingerprint density at radius 3 is 2.40 bits per heavy atom. The van der Waals surface area contributed by atoms with Crippen molar-refractivity contribution >= 4 is 49.5 Å². The number of aryl methyl sites for hydroxylation is 1. The van der Waals surface area contributed by atoms with Crippen LogP contribution in [0.25, 0.3) is 6.08 Å². The van der Waals surface area contributed by atoms with E-state index in [0.29, 0.717) is 23.6 Å². The molecule has 1 N–H and O–H groups in total. The maximum Gasteiger partial charge on any atom is 0.266 e. The Morgan fingerprint density at radius 2 is 1.77 bits per heavy atom. The molecule has 3 aromatic rings. The minimum atomic E-state index is -0.451. The Morgan fingerprint density at radius 1 is 1.07 bits per heavy atom. The predicted octanol–water partition coefficient (Wildman–Crippen LogP) is 6.64. The van der Waals surface area contributed by atoms with Crippen LogP contribution in [0.2, 0.25) is 0 Å². The molecule has 0 aromatic heterocycles. The third-order valence-corrected chi connectivity index (χ3v) is 5.40. The standard InChI is InChI=1S/C24H18Br2N2O2/c1-16-2-9-21(10-3-16)28-24(29)19(14-27)12-18-6-11-23(22(26)13-18)30-15-17-4-7-20(25)8-5-17/h2-13H,15H2,1H3,(H,28,29). The fourth-order valence-corrected chi connectivity index (χ4v) is 3.39. The van der Waals surface area contributed by atoms with Gasteiger partial charge in [0.2, 0.25) is 0 Å². The molecule has 0 fully saturated rings. The quantitative estimate of drug-likeness (QED) is 0.289. The minimum absolute atomic E-state index is 0.0194. The lowest BCUT2D eigenvalue weighted by Gasteiger charge is -2.09. The van der Waals surface area contributed by atoms with E-state index >= 15 is 0 Å². The highest BCUT2D eigenvalue weighted by molar-refractivity contribution is 9.10. The van der Waals surface area contributed by atoms with Crippen LogP contribution < -0.4 is 10.1 Å². The molecule has 0 aliphatic rings. The monoisotopic (exact) mass is 524 g/mol. The summed E-state index contributed by atoms with van der Waals surface area (Å²) in [6.45, 7) is 2.40. The van der Waals surface area contributed by atoms with E-state index in [0.717, 1.165) is 20.1 Å². The van der Waals surface area contributed by atoms with Crippen molar-refractivity contribution in [3.63, 3.8) is 0 Å². The molecule has 4 nitrogen and oxygen atoms in total. The van der Waals surface area contributed by atoms with Gasteiger partial charge in [-0.1, -0.05) is 51.8 Å². The van der Waals surface area contributed by atoms with Gasteiger partial charge in [0.15, 0.2) is 0 Å². The Balaban J connectivity index is 1.69. The molecular formula is C24H18Br2N2O2. The van der Waals surface area contributed by atoms with Gasteiger partial charge in [0.05, 0.1) is 4.47 Å². The van der Waals surface area contributed by atoms with Gasteiger partial charge >= 0.3 is 0 Å². The van der Waals surface area contributed by atoms with Crippen molar-refractivity contribution < 1.29 is 9.53 Å². The average molecular weight is 526 g/mol. The van der Waals surface area contributed by atoms with Crippen molar-refractivity contribution in [1.82, 2.24) is 0 Å². The number of nitrogens with one attached hydrogen (secondary N) is 1. The van der Waals surface area contributed by atoms with Crippen LogP contribution >= 0.6 is 31.9 Å².